The fourth-order valence-electron chi connectivity index (χ4n) is 2.79. The molecule has 1 fully saturated rings. The standard InChI is InChI=1S/C19H23FN2O/c20-17-3-1-2-16(12-17)14-23-19-6-4-15(5-7-19)13-22-18-8-10-21-11-9-18/h1-7,12,18,21-22H,8-11,13-14H2. The number of nitrogens with one attached hydrogen (secondary N) is 2. The van der Waals surface area contributed by atoms with Gasteiger partial charge in [0.05, 0.1) is 0 Å². The summed E-state index contributed by atoms with van der Waals surface area (Å²) >= 11 is 0. The zero-order valence-corrected chi connectivity index (χ0v) is 13.2. The molecule has 0 aromatic heterocycles. The molecule has 2 aromatic rings. The summed E-state index contributed by atoms with van der Waals surface area (Å²) in [7, 11) is 0. The van der Waals surface area contributed by atoms with E-state index < -0.39 is 0 Å². The summed E-state index contributed by atoms with van der Waals surface area (Å²) in [6.45, 7) is 3.47. The van der Waals surface area contributed by atoms with Gasteiger partial charge in [-0.2, -0.15) is 0 Å². The molecule has 0 radical (unpaired) electrons. The van der Waals surface area contributed by atoms with Crippen molar-refractivity contribution in [1.29, 1.82) is 0 Å². The summed E-state index contributed by atoms with van der Waals surface area (Å²) in [6.07, 6.45) is 2.38. The third-order valence-corrected chi connectivity index (χ3v) is 4.15. The highest BCUT2D eigenvalue weighted by molar-refractivity contribution is 5.28. The van der Waals surface area contributed by atoms with Crippen molar-refractivity contribution in [2.45, 2.75) is 32.0 Å². The minimum Gasteiger partial charge on any atom is -0.489 e. The van der Waals surface area contributed by atoms with Gasteiger partial charge >= 0.3 is 0 Å². The summed E-state index contributed by atoms with van der Waals surface area (Å²) in [5.41, 5.74) is 2.09. The van der Waals surface area contributed by atoms with Gasteiger partial charge in [0, 0.05) is 12.6 Å². The van der Waals surface area contributed by atoms with E-state index in [0.29, 0.717) is 12.6 Å². The van der Waals surface area contributed by atoms with E-state index in [4.69, 9.17) is 4.74 Å². The smallest absolute Gasteiger partial charge is 0.123 e. The van der Waals surface area contributed by atoms with Crippen LogP contribution in [-0.2, 0) is 13.2 Å². The zero-order valence-electron chi connectivity index (χ0n) is 13.2. The van der Waals surface area contributed by atoms with Crippen molar-refractivity contribution < 1.29 is 9.13 Å². The Morgan fingerprint density at radius 3 is 2.57 bits per heavy atom. The lowest BCUT2D eigenvalue weighted by molar-refractivity contribution is 0.305. The van der Waals surface area contributed by atoms with Crippen LogP contribution in [0.15, 0.2) is 48.5 Å². The molecule has 3 nitrogen and oxygen atoms in total. The van der Waals surface area contributed by atoms with E-state index in [2.05, 4.69) is 22.8 Å². The molecule has 2 N–H and O–H groups in total. The molecule has 1 saturated heterocycles. The number of hydrogen-bond donors (Lipinski definition) is 2. The van der Waals surface area contributed by atoms with Gasteiger partial charge < -0.3 is 15.4 Å². The lowest BCUT2D eigenvalue weighted by Gasteiger charge is -2.23. The van der Waals surface area contributed by atoms with Crippen molar-refractivity contribution in [1.82, 2.24) is 10.6 Å². The lowest BCUT2D eigenvalue weighted by atomic mass is 10.1. The van der Waals surface area contributed by atoms with Gasteiger partial charge in [0.2, 0.25) is 0 Å². The molecular formula is C19H23FN2O. The second-order valence-electron chi connectivity index (χ2n) is 5.97. The number of ether oxygens (including phenoxy) is 1. The third kappa shape index (κ3) is 5.05. The summed E-state index contributed by atoms with van der Waals surface area (Å²) in [5, 5.41) is 6.97. The monoisotopic (exact) mass is 314 g/mol. The molecule has 0 bridgehead atoms. The van der Waals surface area contributed by atoms with Crippen LogP contribution in [0.1, 0.15) is 24.0 Å². The molecule has 0 amide bonds. The molecule has 1 heterocycles. The molecule has 2 aromatic carbocycles. The number of rotatable bonds is 6. The quantitative estimate of drug-likeness (QED) is 0.859. The molecule has 0 aliphatic carbocycles. The number of benzene rings is 2. The fourth-order valence-corrected chi connectivity index (χ4v) is 2.79. The Labute approximate surface area is 136 Å². The van der Waals surface area contributed by atoms with E-state index >= 15 is 0 Å². The van der Waals surface area contributed by atoms with E-state index in [1.54, 1.807) is 6.07 Å². The van der Waals surface area contributed by atoms with E-state index in [0.717, 1.165) is 30.9 Å². The van der Waals surface area contributed by atoms with Crippen LogP contribution in [0, 0.1) is 5.82 Å². The van der Waals surface area contributed by atoms with Crippen LogP contribution in [-0.4, -0.2) is 19.1 Å². The molecule has 0 spiro atoms. The predicted molar refractivity (Wildman–Crippen MR) is 89.9 cm³/mol. The van der Waals surface area contributed by atoms with Crippen LogP contribution in [0.2, 0.25) is 0 Å². The van der Waals surface area contributed by atoms with Crippen LogP contribution in [0.5, 0.6) is 5.75 Å². The van der Waals surface area contributed by atoms with Crippen molar-refractivity contribution in [3.8, 4) is 5.75 Å². The van der Waals surface area contributed by atoms with Crippen molar-refractivity contribution in [2.75, 3.05) is 13.1 Å². The summed E-state index contributed by atoms with van der Waals surface area (Å²) < 4.78 is 18.8. The highest BCUT2D eigenvalue weighted by atomic mass is 19.1. The maximum Gasteiger partial charge on any atom is 0.123 e. The minimum atomic E-state index is -0.231. The molecule has 0 saturated carbocycles. The molecule has 23 heavy (non-hydrogen) atoms. The Hall–Kier alpha value is -1.91. The summed E-state index contributed by atoms with van der Waals surface area (Å²) in [5.74, 6) is 0.574. The molecular weight excluding hydrogens is 291 g/mol. The first-order valence-corrected chi connectivity index (χ1v) is 8.20. The van der Waals surface area contributed by atoms with Gasteiger partial charge in [0.1, 0.15) is 18.2 Å². The summed E-state index contributed by atoms with van der Waals surface area (Å²) in [6, 6.07) is 15.2. The largest absolute Gasteiger partial charge is 0.489 e. The number of halogens is 1. The van der Waals surface area contributed by atoms with Crippen LogP contribution < -0.4 is 15.4 Å². The maximum absolute atomic E-state index is 13.1. The Morgan fingerprint density at radius 2 is 1.83 bits per heavy atom. The molecule has 0 atom stereocenters. The minimum absolute atomic E-state index is 0.231. The van der Waals surface area contributed by atoms with Gasteiger partial charge in [-0.25, -0.2) is 4.39 Å². The van der Waals surface area contributed by atoms with Gasteiger partial charge in [0.15, 0.2) is 0 Å². The summed E-state index contributed by atoms with van der Waals surface area (Å²) in [4.78, 5) is 0. The van der Waals surface area contributed by atoms with Crippen LogP contribution in [0.3, 0.4) is 0 Å². The highest BCUT2D eigenvalue weighted by Crippen LogP contribution is 2.15. The second-order valence-corrected chi connectivity index (χ2v) is 5.97. The van der Waals surface area contributed by atoms with Crippen LogP contribution in [0.25, 0.3) is 0 Å². The van der Waals surface area contributed by atoms with Gasteiger partial charge in [0.25, 0.3) is 0 Å². The Bertz CT molecular complexity index is 609. The maximum atomic E-state index is 13.1. The second kappa shape index (κ2) is 8.09. The van der Waals surface area contributed by atoms with Crippen LogP contribution in [0.4, 0.5) is 4.39 Å². The molecule has 0 unspecified atom stereocenters. The Balaban J connectivity index is 1.46. The molecule has 1 aliphatic heterocycles. The number of piperidine rings is 1. The fraction of sp³-hybridized carbons (Fsp3) is 0.368. The third-order valence-electron chi connectivity index (χ3n) is 4.15. The molecule has 4 heteroatoms. The topological polar surface area (TPSA) is 33.3 Å². The lowest BCUT2D eigenvalue weighted by Crippen LogP contribution is -2.39. The van der Waals surface area contributed by atoms with E-state index in [1.165, 1.54) is 30.5 Å². The van der Waals surface area contributed by atoms with Gasteiger partial charge in [-0.05, 0) is 61.3 Å². The average molecular weight is 314 g/mol. The van der Waals surface area contributed by atoms with E-state index in [1.807, 2.05) is 18.2 Å². The van der Waals surface area contributed by atoms with E-state index in [9.17, 15) is 4.39 Å². The molecule has 3 rings (SSSR count). The Kier molecular flexibility index (Phi) is 5.61. The first-order chi connectivity index (χ1) is 11.3. The van der Waals surface area contributed by atoms with Crippen molar-refractivity contribution in [2.24, 2.45) is 0 Å². The normalized spacial score (nSPS) is 15.5. The predicted octanol–water partition coefficient (Wildman–Crippen LogP) is 3.25. The first kappa shape index (κ1) is 16.0. The number of hydrogen-bond acceptors (Lipinski definition) is 3. The van der Waals surface area contributed by atoms with Crippen molar-refractivity contribution >= 4 is 0 Å². The van der Waals surface area contributed by atoms with Crippen LogP contribution >= 0.6 is 0 Å². The Morgan fingerprint density at radius 1 is 1.04 bits per heavy atom. The first-order valence-electron chi connectivity index (χ1n) is 8.20. The highest BCUT2D eigenvalue weighted by Gasteiger charge is 2.11. The van der Waals surface area contributed by atoms with Gasteiger partial charge in [-0.1, -0.05) is 24.3 Å². The van der Waals surface area contributed by atoms with E-state index in [-0.39, 0.29) is 5.82 Å². The molecule has 122 valence electrons. The molecule has 1 aliphatic rings. The van der Waals surface area contributed by atoms with Gasteiger partial charge in [-0.15, -0.1) is 0 Å². The van der Waals surface area contributed by atoms with Crippen molar-refractivity contribution in [3.05, 3.63) is 65.5 Å². The van der Waals surface area contributed by atoms with Crippen molar-refractivity contribution in [3.63, 3.8) is 0 Å². The SMILES string of the molecule is Fc1cccc(COc2ccc(CNC3CCNCC3)cc2)c1. The van der Waals surface area contributed by atoms with Gasteiger partial charge in [-0.3, -0.25) is 0 Å². The average Bonchev–Trinajstić information content (AvgIpc) is 2.60. The zero-order chi connectivity index (χ0) is 15.9.